The van der Waals surface area contributed by atoms with Gasteiger partial charge in [0.05, 0.1) is 11.1 Å². The molecule has 1 aromatic rings. The second-order valence-corrected chi connectivity index (χ2v) is 8.75. The first-order valence-corrected chi connectivity index (χ1v) is 10.4. The van der Waals surface area contributed by atoms with Crippen LogP contribution in [0.1, 0.15) is 66.7 Å². The summed E-state index contributed by atoms with van der Waals surface area (Å²) in [5.41, 5.74) is 7.15. The molecule has 1 aromatic carbocycles. The van der Waals surface area contributed by atoms with Crippen molar-refractivity contribution in [2.24, 2.45) is 17.6 Å². The van der Waals surface area contributed by atoms with Crippen molar-refractivity contribution < 1.29 is 14.4 Å². The molecule has 150 valence electrons. The van der Waals surface area contributed by atoms with E-state index < -0.39 is 0 Å². The van der Waals surface area contributed by atoms with E-state index in [0.717, 1.165) is 25.8 Å². The second-order valence-electron chi connectivity index (χ2n) is 8.75. The van der Waals surface area contributed by atoms with Crippen LogP contribution in [0.4, 0.5) is 0 Å². The first-order valence-electron chi connectivity index (χ1n) is 10.4. The summed E-state index contributed by atoms with van der Waals surface area (Å²) in [7, 11) is 0. The maximum absolute atomic E-state index is 13.1. The average molecular weight is 383 g/mol. The van der Waals surface area contributed by atoms with Gasteiger partial charge in [-0.1, -0.05) is 19.1 Å². The summed E-state index contributed by atoms with van der Waals surface area (Å²) in [5.74, 6) is 0.128. The number of carbonyl (C=O) groups is 3. The van der Waals surface area contributed by atoms with Crippen LogP contribution in [0.3, 0.4) is 0 Å². The largest absolute Gasteiger partial charge is 0.339 e. The third-order valence-electron chi connectivity index (χ3n) is 6.88. The zero-order chi connectivity index (χ0) is 20.0. The van der Waals surface area contributed by atoms with Gasteiger partial charge in [-0.3, -0.25) is 19.3 Å². The van der Waals surface area contributed by atoms with Crippen LogP contribution >= 0.6 is 0 Å². The SMILES string of the molecule is C[C@@H]1CN(C(=O)C2CCC(N3C(=O)c4ccccc4C3=O)CC2)[C@H](C)C[C@H]1N. The number of imide groups is 1. The minimum atomic E-state index is -0.192. The van der Waals surface area contributed by atoms with Gasteiger partial charge in [-0.05, 0) is 57.1 Å². The highest BCUT2D eigenvalue weighted by Gasteiger charge is 2.42. The number of benzene rings is 1. The number of amides is 3. The van der Waals surface area contributed by atoms with Gasteiger partial charge in [0, 0.05) is 30.6 Å². The van der Waals surface area contributed by atoms with E-state index in [1.54, 1.807) is 24.3 Å². The number of hydrogen-bond acceptors (Lipinski definition) is 4. The van der Waals surface area contributed by atoms with Gasteiger partial charge >= 0.3 is 0 Å². The van der Waals surface area contributed by atoms with E-state index in [2.05, 4.69) is 13.8 Å². The predicted octanol–water partition coefficient (Wildman–Crippen LogP) is 2.43. The van der Waals surface area contributed by atoms with Crippen molar-refractivity contribution in [1.29, 1.82) is 0 Å². The zero-order valence-electron chi connectivity index (χ0n) is 16.6. The van der Waals surface area contributed by atoms with Crippen LogP contribution in [0.5, 0.6) is 0 Å². The Hall–Kier alpha value is -2.21. The summed E-state index contributed by atoms with van der Waals surface area (Å²) >= 11 is 0. The van der Waals surface area contributed by atoms with Crippen molar-refractivity contribution >= 4 is 17.7 Å². The van der Waals surface area contributed by atoms with E-state index in [-0.39, 0.29) is 41.8 Å². The molecule has 28 heavy (non-hydrogen) atoms. The van der Waals surface area contributed by atoms with E-state index >= 15 is 0 Å². The molecule has 3 atom stereocenters. The van der Waals surface area contributed by atoms with Crippen LogP contribution in [0.15, 0.2) is 24.3 Å². The molecule has 0 aromatic heterocycles. The van der Waals surface area contributed by atoms with Gasteiger partial charge < -0.3 is 10.6 Å². The van der Waals surface area contributed by atoms with E-state index in [4.69, 9.17) is 5.73 Å². The Kier molecular flexibility index (Phi) is 5.00. The van der Waals surface area contributed by atoms with Gasteiger partial charge in [-0.15, -0.1) is 0 Å². The Morgan fingerprint density at radius 2 is 1.57 bits per heavy atom. The van der Waals surface area contributed by atoms with Crippen molar-refractivity contribution in [1.82, 2.24) is 9.80 Å². The fourth-order valence-electron chi connectivity index (χ4n) is 5.04. The fraction of sp³-hybridized carbons (Fsp3) is 0.591. The molecule has 2 aliphatic heterocycles. The summed E-state index contributed by atoms with van der Waals surface area (Å²) in [6, 6.07) is 7.23. The van der Waals surface area contributed by atoms with Crippen molar-refractivity contribution in [3.05, 3.63) is 35.4 Å². The molecular weight excluding hydrogens is 354 g/mol. The second kappa shape index (κ2) is 7.32. The number of fused-ring (bicyclic) bond motifs is 1. The van der Waals surface area contributed by atoms with Gasteiger partial charge in [-0.2, -0.15) is 0 Å². The van der Waals surface area contributed by atoms with E-state index in [9.17, 15) is 14.4 Å². The van der Waals surface area contributed by atoms with Crippen LogP contribution in [0.2, 0.25) is 0 Å². The molecule has 3 aliphatic rings. The van der Waals surface area contributed by atoms with Gasteiger partial charge in [0.25, 0.3) is 11.8 Å². The number of piperidine rings is 1. The van der Waals surface area contributed by atoms with Crippen molar-refractivity contribution in [2.45, 2.75) is 64.1 Å². The Morgan fingerprint density at radius 1 is 1.00 bits per heavy atom. The molecular formula is C22H29N3O3. The minimum Gasteiger partial charge on any atom is -0.339 e. The summed E-state index contributed by atoms with van der Waals surface area (Å²) in [5, 5.41) is 0. The summed E-state index contributed by atoms with van der Waals surface area (Å²) < 4.78 is 0. The molecule has 1 saturated carbocycles. The quantitative estimate of drug-likeness (QED) is 0.795. The molecule has 0 spiro atoms. The zero-order valence-corrected chi connectivity index (χ0v) is 16.6. The normalized spacial score (nSPS) is 33.2. The highest BCUT2D eigenvalue weighted by atomic mass is 16.2. The summed E-state index contributed by atoms with van der Waals surface area (Å²) in [4.78, 5) is 41.9. The number of likely N-dealkylation sites (tertiary alicyclic amines) is 1. The Balaban J connectivity index is 1.40. The maximum Gasteiger partial charge on any atom is 0.261 e. The molecule has 0 unspecified atom stereocenters. The van der Waals surface area contributed by atoms with E-state index in [1.807, 2.05) is 4.90 Å². The van der Waals surface area contributed by atoms with E-state index in [1.165, 1.54) is 4.90 Å². The molecule has 3 amide bonds. The summed E-state index contributed by atoms with van der Waals surface area (Å²) in [6.07, 6.45) is 3.68. The standard InChI is InChI=1S/C22H29N3O3/c1-13-12-24(14(2)11-19(13)23)20(26)15-7-9-16(10-8-15)25-21(27)17-5-3-4-6-18(17)22(25)28/h3-6,13-16,19H,7-12,23H2,1-2H3/t13-,14-,15?,16?,19-/m1/s1. The molecule has 1 aliphatic carbocycles. The highest BCUT2D eigenvalue weighted by Crippen LogP contribution is 2.35. The average Bonchev–Trinajstić information content (AvgIpc) is 2.95. The number of carbonyl (C=O) groups excluding carboxylic acids is 3. The van der Waals surface area contributed by atoms with Crippen LogP contribution in [0, 0.1) is 11.8 Å². The molecule has 4 rings (SSSR count). The Labute approximate surface area is 166 Å². The molecule has 1 saturated heterocycles. The fourth-order valence-corrected chi connectivity index (χ4v) is 5.04. The van der Waals surface area contributed by atoms with Crippen molar-refractivity contribution in [3.63, 3.8) is 0 Å². The minimum absolute atomic E-state index is 0.0181. The van der Waals surface area contributed by atoms with Crippen LogP contribution in [-0.2, 0) is 4.79 Å². The van der Waals surface area contributed by atoms with Gasteiger partial charge in [0.1, 0.15) is 0 Å². The van der Waals surface area contributed by atoms with Crippen LogP contribution in [0.25, 0.3) is 0 Å². The number of nitrogens with zero attached hydrogens (tertiary/aromatic N) is 2. The van der Waals surface area contributed by atoms with Gasteiger partial charge in [0.2, 0.25) is 5.91 Å². The lowest BCUT2D eigenvalue weighted by atomic mass is 9.82. The predicted molar refractivity (Wildman–Crippen MR) is 106 cm³/mol. The smallest absolute Gasteiger partial charge is 0.261 e. The third kappa shape index (κ3) is 3.13. The van der Waals surface area contributed by atoms with Crippen molar-refractivity contribution in [3.8, 4) is 0 Å². The number of hydrogen-bond donors (Lipinski definition) is 1. The monoisotopic (exact) mass is 383 g/mol. The Bertz CT molecular complexity index is 765. The molecule has 6 nitrogen and oxygen atoms in total. The lowest BCUT2D eigenvalue weighted by Crippen LogP contribution is -2.54. The van der Waals surface area contributed by atoms with Gasteiger partial charge in [-0.25, -0.2) is 0 Å². The van der Waals surface area contributed by atoms with E-state index in [0.29, 0.717) is 29.9 Å². The highest BCUT2D eigenvalue weighted by molar-refractivity contribution is 6.21. The number of rotatable bonds is 2. The lowest BCUT2D eigenvalue weighted by Gasteiger charge is -2.43. The molecule has 6 heteroatoms. The molecule has 2 heterocycles. The van der Waals surface area contributed by atoms with Crippen LogP contribution < -0.4 is 5.73 Å². The molecule has 2 N–H and O–H groups in total. The first-order chi connectivity index (χ1) is 13.4. The molecule has 2 fully saturated rings. The lowest BCUT2D eigenvalue weighted by molar-refractivity contribution is -0.141. The van der Waals surface area contributed by atoms with Gasteiger partial charge in [0.15, 0.2) is 0 Å². The maximum atomic E-state index is 13.1. The molecule has 0 radical (unpaired) electrons. The summed E-state index contributed by atoms with van der Waals surface area (Å²) in [6.45, 7) is 4.91. The van der Waals surface area contributed by atoms with Crippen LogP contribution in [-0.4, -0.2) is 52.2 Å². The Morgan fingerprint density at radius 3 is 2.14 bits per heavy atom. The topological polar surface area (TPSA) is 83.7 Å². The van der Waals surface area contributed by atoms with Crippen molar-refractivity contribution in [2.75, 3.05) is 6.54 Å². The number of nitrogens with two attached hydrogens (primary N) is 1. The molecule has 0 bridgehead atoms. The third-order valence-corrected chi connectivity index (χ3v) is 6.88. The first kappa shape index (κ1) is 19.1.